The van der Waals surface area contributed by atoms with Gasteiger partial charge in [0.05, 0.1) is 7.11 Å². The summed E-state index contributed by atoms with van der Waals surface area (Å²) in [7, 11) is 1.63. The van der Waals surface area contributed by atoms with Gasteiger partial charge in [-0.05, 0) is 0 Å². The number of hydrogen-bond donors (Lipinski definition) is 3. The van der Waals surface area contributed by atoms with Gasteiger partial charge < -0.3 is 4.74 Å². The van der Waals surface area contributed by atoms with Crippen LogP contribution in [0.2, 0.25) is 0 Å². The molecule has 29 heavy (non-hydrogen) atoms. The molecule has 0 unspecified atom stereocenters. The monoisotopic (exact) mass is 471 g/mol. The second-order valence-corrected chi connectivity index (χ2v) is 10.6. The standard InChI is InChI=1S/C20H18AsN3O4S/c1-12-22-19(24-15-7-5-14(6-8-15)21(25,26)27)18-17(11-29-20(18)23-12)13-3-9-16(28-2)10-4-13/h3-11H,1-2H3,(H,22,23,24)(H2,25,26,27). The first-order valence-electron chi connectivity index (χ1n) is 8.68. The van der Waals surface area contributed by atoms with Crippen molar-refractivity contribution in [3.8, 4) is 16.9 Å². The van der Waals surface area contributed by atoms with Crippen LogP contribution in [-0.4, -0.2) is 39.4 Å². The van der Waals surface area contributed by atoms with Crippen molar-refractivity contribution in [2.24, 2.45) is 0 Å². The van der Waals surface area contributed by atoms with Gasteiger partial charge >= 0.3 is 162 Å². The van der Waals surface area contributed by atoms with Crippen molar-refractivity contribution in [2.75, 3.05) is 12.4 Å². The van der Waals surface area contributed by atoms with E-state index in [1.54, 1.807) is 30.6 Å². The molecule has 4 aromatic rings. The SMILES string of the molecule is COc1ccc(-c2csc3nc(C)nc(Nc4ccc([As](=O)(O)O)cc4)c23)cc1. The maximum atomic E-state index is 11.4. The molecule has 0 aliphatic heterocycles. The molecule has 0 bridgehead atoms. The Morgan fingerprint density at radius 1 is 1.03 bits per heavy atom. The average Bonchev–Trinajstić information content (AvgIpc) is 3.11. The van der Waals surface area contributed by atoms with E-state index in [0.717, 1.165) is 27.1 Å². The van der Waals surface area contributed by atoms with E-state index in [2.05, 4.69) is 15.3 Å². The molecule has 0 aliphatic carbocycles. The van der Waals surface area contributed by atoms with Gasteiger partial charge in [-0.2, -0.15) is 0 Å². The van der Waals surface area contributed by atoms with E-state index in [-0.39, 0.29) is 4.35 Å². The zero-order valence-electron chi connectivity index (χ0n) is 15.7. The minimum absolute atomic E-state index is 0.0344. The number of hydrogen-bond acceptors (Lipinski definition) is 6. The van der Waals surface area contributed by atoms with Crippen LogP contribution in [0.25, 0.3) is 21.3 Å². The second-order valence-electron chi connectivity index (χ2n) is 6.39. The quantitative estimate of drug-likeness (QED) is 0.385. The van der Waals surface area contributed by atoms with Crippen LogP contribution in [0.5, 0.6) is 5.75 Å². The number of thiophene rings is 1. The van der Waals surface area contributed by atoms with Gasteiger partial charge in [0.2, 0.25) is 0 Å². The molecule has 4 rings (SSSR count). The molecule has 0 amide bonds. The van der Waals surface area contributed by atoms with Crippen molar-refractivity contribution in [3.05, 3.63) is 59.7 Å². The van der Waals surface area contributed by atoms with Gasteiger partial charge in [-0.15, -0.1) is 0 Å². The topological polar surface area (TPSA) is 105 Å². The molecule has 148 valence electrons. The molecular weight excluding hydrogens is 453 g/mol. The predicted octanol–water partition coefficient (Wildman–Crippen LogP) is 2.98. The molecule has 0 spiro atoms. The summed E-state index contributed by atoms with van der Waals surface area (Å²) >= 11 is -3.37. The Balaban J connectivity index is 1.77. The van der Waals surface area contributed by atoms with Gasteiger partial charge in [-0.3, -0.25) is 0 Å². The van der Waals surface area contributed by atoms with Crippen molar-refractivity contribution in [1.29, 1.82) is 0 Å². The van der Waals surface area contributed by atoms with Crippen LogP contribution in [0.4, 0.5) is 11.5 Å². The maximum absolute atomic E-state index is 11.4. The number of aryl methyl sites for hydroxylation is 1. The first kappa shape index (κ1) is 19.7. The number of rotatable bonds is 5. The summed E-state index contributed by atoms with van der Waals surface area (Å²) in [4.78, 5) is 9.98. The van der Waals surface area contributed by atoms with E-state index < -0.39 is 14.2 Å². The zero-order valence-corrected chi connectivity index (χ0v) is 18.4. The van der Waals surface area contributed by atoms with Gasteiger partial charge in [-0.1, -0.05) is 0 Å². The molecule has 0 radical (unpaired) electrons. The van der Waals surface area contributed by atoms with Gasteiger partial charge in [0, 0.05) is 0 Å². The summed E-state index contributed by atoms with van der Waals surface area (Å²) < 4.78 is 35.4. The van der Waals surface area contributed by atoms with Gasteiger partial charge in [0.15, 0.2) is 0 Å². The van der Waals surface area contributed by atoms with Crippen LogP contribution in [0, 0.1) is 6.92 Å². The first-order chi connectivity index (χ1) is 13.8. The normalized spacial score (nSPS) is 11.6. The molecule has 3 N–H and O–H groups in total. The predicted molar refractivity (Wildman–Crippen MR) is 114 cm³/mol. The van der Waals surface area contributed by atoms with E-state index in [9.17, 15) is 11.9 Å². The van der Waals surface area contributed by atoms with Crippen LogP contribution in [0.3, 0.4) is 0 Å². The summed E-state index contributed by atoms with van der Waals surface area (Å²) in [5, 5.41) is 6.21. The number of fused-ring (bicyclic) bond motifs is 1. The summed E-state index contributed by atoms with van der Waals surface area (Å²) in [6, 6.07) is 13.9. The molecule has 0 aliphatic rings. The molecule has 2 aromatic heterocycles. The Hall–Kier alpha value is -2.64. The fraction of sp³-hybridized carbons (Fsp3) is 0.100. The van der Waals surface area contributed by atoms with Crippen molar-refractivity contribution in [1.82, 2.24) is 9.97 Å². The minimum atomic E-state index is -4.91. The van der Waals surface area contributed by atoms with E-state index >= 15 is 0 Å². The Morgan fingerprint density at radius 2 is 1.72 bits per heavy atom. The van der Waals surface area contributed by atoms with Crippen LogP contribution in [-0.2, 0) is 3.74 Å². The molecule has 7 nitrogen and oxygen atoms in total. The van der Waals surface area contributed by atoms with E-state index in [4.69, 9.17) is 4.74 Å². The van der Waals surface area contributed by atoms with Crippen LogP contribution >= 0.6 is 11.3 Å². The molecular formula is C20H18AsN3O4S. The van der Waals surface area contributed by atoms with Gasteiger partial charge in [0.1, 0.15) is 0 Å². The number of nitrogens with one attached hydrogen (secondary N) is 1. The molecule has 9 heteroatoms. The fourth-order valence-electron chi connectivity index (χ4n) is 3.00. The van der Waals surface area contributed by atoms with Crippen LogP contribution in [0.1, 0.15) is 5.82 Å². The number of nitrogens with zero attached hydrogens (tertiary/aromatic N) is 2. The molecule has 0 atom stereocenters. The fourth-order valence-corrected chi connectivity index (χ4v) is 5.12. The van der Waals surface area contributed by atoms with Crippen LogP contribution in [0.15, 0.2) is 53.9 Å². The third kappa shape index (κ3) is 4.06. The summed E-state index contributed by atoms with van der Waals surface area (Å²) in [6.45, 7) is 1.83. The summed E-state index contributed by atoms with van der Waals surface area (Å²) in [5.41, 5.74) is 2.71. The van der Waals surface area contributed by atoms with Crippen molar-refractivity contribution in [2.45, 2.75) is 6.92 Å². The van der Waals surface area contributed by atoms with Gasteiger partial charge in [-0.25, -0.2) is 0 Å². The van der Waals surface area contributed by atoms with E-state index in [0.29, 0.717) is 17.3 Å². The number of ether oxygens (including phenoxy) is 1. The van der Waals surface area contributed by atoms with Crippen molar-refractivity contribution < 1.29 is 16.7 Å². The molecule has 0 saturated carbocycles. The number of aromatic nitrogens is 2. The molecule has 2 aromatic carbocycles. The van der Waals surface area contributed by atoms with Crippen molar-refractivity contribution >= 4 is 51.6 Å². The number of methoxy groups -OCH3 is 1. The molecule has 0 fully saturated rings. The Kier molecular flexibility index (Phi) is 5.19. The summed E-state index contributed by atoms with van der Waals surface area (Å²) in [6.07, 6.45) is 0. The van der Waals surface area contributed by atoms with Gasteiger partial charge in [0.25, 0.3) is 0 Å². The van der Waals surface area contributed by atoms with E-state index in [1.165, 1.54) is 12.1 Å². The zero-order chi connectivity index (χ0) is 20.6. The summed E-state index contributed by atoms with van der Waals surface area (Å²) in [5.74, 6) is 2.07. The molecule has 2 heterocycles. The Bertz CT molecular complexity index is 1220. The van der Waals surface area contributed by atoms with Crippen LogP contribution < -0.4 is 14.4 Å². The molecule has 0 saturated heterocycles. The third-order valence-corrected chi connectivity index (χ3v) is 7.32. The first-order valence-corrected chi connectivity index (χ1v) is 12.9. The Morgan fingerprint density at radius 3 is 2.34 bits per heavy atom. The Labute approximate surface area is 174 Å². The van der Waals surface area contributed by atoms with Crippen molar-refractivity contribution in [3.63, 3.8) is 0 Å². The average molecular weight is 471 g/mol. The number of benzene rings is 2. The van der Waals surface area contributed by atoms with E-state index in [1.807, 2.05) is 36.6 Å². The third-order valence-electron chi connectivity index (χ3n) is 4.41. The second kappa shape index (κ2) is 7.65. The number of anilines is 2.